The number of hydrogen-bond acceptors (Lipinski definition) is 7. The molecule has 180 valence electrons. The average Bonchev–Trinajstić information content (AvgIpc) is 3.34. The monoisotopic (exact) mass is 480 g/mol. The number of ether oxygens (including phenoxy) is 2. The molecule has 0 aliphatic rings. The van der Waals surface area contributed by atoms with Gasteiger partial charge in [0.05, 0.1) is 18.9 Å². The van der Waals surface area contributed by atoms with Gasteiger partial charge < -0.3 is 14.8 Å². The first-order chi connectivity index (χ1) is 17.7. The van der Waals surface area contributed by atoms with E-state index in [2.05, 4.69) is 20.5 Å². The maximum Gasteiger partial charge on any atom is 0.255 e. The van der Waals surface area contributed by atoms with Crippen LogP contribution < -0.4 is 14.8 Å². The van der Waals surface area contributed by atoms with Crippen molar-refractivity contribution < 1.29 is 14.3 Å². The van der Waals surface area contributed by atoms with E-state index in [0.717, 1.165) is 16.8 Å². The summed E-state index contributed by atoms with van der Waals surface area (Å²) in [4.78, 5) is 17.0. The number of hydrogen-bond donors (Lipinski definition) is 1. The van der Waals surface area contributed by atoms with Gasteiger partial charge in [-0.15, -0.1) is 10.2 Å². The summed E-state index contributed by atoms with van der Waals surface area (Å²) in [6.07, 6.45) is 3.43. The van der Waals surface area contributed by atoms with Crippen LogP contribution in [0.1, 0.15) is 24.2 Å². The molecule has 0 radical (unpaired) electrons. The second-order valence-electron chi connectivity index (χ2n) is 7.81. The number of rotatable bonds is 8. The van der Waals surface area contributed by atoms with Crippen molar-refractivity contribution in [1.29, 1.82) is 0 Å². The highest BCUT2D eigenvalue weighted by Gasteiger charge is 2.13. The molecule has 9 heteroatoms. The molecule has 5 rings (SSSR count). The smallest absolute Gasteiger partial charge is 0.255 e. The van der Waals surface area contributed by atoms with Gasteiger partial charge in [-0.2, -0.15) is 9.61 Å². The lowest BCUT2D eigenvalue weighted by Crippen LogP contribution is -2.12. The summed E-state index contributed by atoms with van der Waals surface area (Å²) in [6.45, 7) is 4.78. The van der Waals surface area contributed by atoms with Crippen molar-refractivity contribution in [2.45, 2.75) is 13.8 Å². The third-order valence-corrected chi connectivity index (χ3v) is 5.43. The van der Waals surface area contributed by atoms with E-state index in [0.29, 0.717) is 47.4 Å². The number of benzene rings is 2. The van der Waals surface area contributed by atoms with Gasteiger partial charge in [0.2, 0.25) is 0 Å². The quantitative estimate of drug-likeness (QED) is 0.337. The van der Waals surface area contributed by atoms with Gasteiger partial charge in [-0.3, -0.25) is 9.78 Å². The van der Waals surface area contributed by atoms with Gasteiger partial charge in [-0.25, -0.2) is 0 Å². The summed E-state index contributed by atoms with van der Waals surface area (Å²) in [6, 6.07) is 20.2. The van der Waals surface area contributed by atoms with Gasteiger partial charge in [-0.1, -0.05) is 12.1 Å². The van der Waals surface area contributed by atoms with Crippen LogP contribution in [0.4, 0.5) is 5.69 Å². The molecule has 0 saturated heterocycles. The fourth-order valence-corrected chi connectivity index (χ4v) is 3.74. The molecule has 0 fully saturated rings. The zero-order valence-electron chi connectivity index (χ0n) is 19.9. The maximum absolute atomic E-state index is 12.8. The van der Waals surface area contributed by atoms with Crippen molar-refractivity contribution in [2.75, 3.05) is 18.5 Å². The number of fused-ring (bicyclic) bond motifs is 1. The summed E-state index contributed by atoms with van der Waals surface area (Å²) in [7, 11) is 0. The number of anilines is 1. The van der Waals surface area contributed by atoms with E-state index in [1.165, 1.54) is 0 Å². The summed E-state index contributed by atoms with van der Waals surface area (Å²) < 4.78 is 12.9. The lowest BCUT2D eigenvalue weighted by molar-refractivity contribution is 0.102. The molecule has 3 heterocycles. The molecular weight excluding hydrogens is 456 g/mol. The molecular formula is C27H24N6O3. The van der Waals surface area contributed by atoms with E-state index in [1.54, 1.807) is 35.1 Å². The molecule has 0 atom stereocenters. The fraction of sp³-hybridized carbons (Fsp3) is 0.148. The van der Waals surface area contributed by atoms with Crippen molar-refractivity contribution in [3.8, 4) is 34.1 Å². The van der Waals surface area contributed by atoms with E-state index >= 15 is 0 Å². The Kier molecular flexibility index (Phi) is 6.53. The molecule has 5 aromatic rings. The SMILES string of the molecule is CCOc1ccc(C(=O)Nc2ccc(-c3ccc4nnc(-c5cccnc5)n4n3)cc2)cc1OCC. The fourth-order valence-electron chi connectivity index (χ4n) is 3.74. The summed E-state index contributed by atoms with van der Waals surface area (Å²) >= 11 is 0. The van der Waals surface area contributed by atoms with Crippen LogP contribution in [0.5, 0.6) is 11.5 Å². The molecule has 36 heavy (non-hydrogen) atoms. The Morgan fingerprint density at radius 2 is 1.69 bits per heavy atom. The Labute approximate surface area is 207 Å². The van der Waals surface area contributed by atoms with Crippen LogP contribution >= 0.6 is 0 Å². The van der Waals surface area contributed by atoms with Crippen molar-refractivity contribution >= 4 is 17.2 Å². The molecule has 0 aliphatic carbocycles. The second kappa shape index (κ2) is 10.2. The van der Waals surface area contributed by atoms with Gasteiger partial charge in [0, 0.05) is 34.8 Å². The van der Waals surface area contributed by atoms with Crippen LogP contribution in [0.25, 0.3) is 28.3 Å². The third-order valence-electron chi connectivity index (χ3n) is 5.43. The number of aromatic nitrogens is 5. The number of carbonyl (C=O) groups excluding carboxylic acids is 1. The molecule has 0 aliphatic heterocycles. The van der Waals surface area contributed by atoms with Crippen LogP contribution in [0.15, 0.2) is 79.1 Å². The van der Waals surface area contributed by atoms with Crippen LogP contribution in [0, 0.1) is 0 Å². The number of carbonyl (C=O) groups is 1. The van der Waals surface area contributed by atoms with Gasteiger partial charge in [0.25, 0.3) is 5.91 Å². The summed E-state index contributed by atoms with van der Waals surface area (Å²) in [5.74, 6) is 1.54. The minimum absolute atomic E-state index is 0.239. The lowest BCUT2D eigenvalue weighted by atomic mass is 10.1. The lowest BCUT2D eigenvalue weighted by Gasteiger charge is -2.12. The topological polar surface area (TPSA) is 104 Å². The van der Waals surface area contributed by atoms with Crippen LogP contribution in [0.3, 0.4) is 0 Å². The van der Waals surface area contributed by atoms with E-state index in [1.807, 2.05) is 62.4 Å². The Bertz CT molecular complexity index is 1500. The third kappa shape index (κ3) is 4.72. The largest absolute Gasteiger partial charge is 0.490 e. The molecule has 2 aromatic carbocycles. The number of nitrogens with zero attached hydrogens (tertiary/aromatic N) is 5. The normalized spacial score (nSPS) is 10.8. The zero-order valence-corrected chi connectivity index (χ0v) is 19.9. The molecule has 1 amide bonds. The number of amides is 1. The Morgan fingerprint density at radius 3 is 2.44 bits per heavy atom. The van der Waals surface area contributed by atoms with Crippen molar-refractivity contribution in [3.05, 3.63) is 84.7 Å². The van der Waals surface area contributed by atoms with Gasteiger partial charge >= 0.3 is 0 Å². The van der Waals surface area contributed by atoms with Crippen molar-refractivity contribution in [3.63, 3.8) is 0 Å². The molecule has 9 nitrogen and oxygen atoms in total. The molecule has 0 bridgehead atoms. The first kappa shape index (κ1) is 23.0. The minimum Gasteiger partial charge on any atom is -0.490 e. The highest BCUT2D eigenvalue weighted by molar-refractivity contribution is 6.04. The molecule has 0 unspecified atom stereocenters. The molecule has 0 spiro atoms. The highest BCUT2D eigenvalue weighted by atomic mass is 16.5. The predicted octanol–water partition coefficient (Wildman–Crippen LogP) is 4.90. The summed E-state index contributed by atoms with van der Waals surface area (Å²) in [5, 5.41) is 16.1. The van der Waals surface area contributed by atoms with Crippen LogP contribution in [-0.2, 0) is 0 Å². The van der Waals surface area contributed by atoms with Crippen molar-refractivity contribution in [1.82, 2.24) is 24.8 Å². The van der Waals surface area contributed by atoms with Crippen LogP contribution in [0.2, 0.25) is 0 Å². The standard InChI is InChI=1S/C27H24N6O3/c1-3-35-23-13-9-19(16-24(23)36-4-2)27(34)29-21-10-7-18(8-11-21)22-12-14-25-30-31-26(33(25)32-22)20-6-5-15-28-17-20/h5-17H,3-4H2,1-2H3,(H,29,34). The Balaban J connectivity index is 1.35. The maximum atomic E-state index is 12.8. The Hall–Kier alpha value is -4.79. The Morgan fingerprint density at radius 1 is 0.889 bits per heavy atom. The van der Waals surface area contributed by atoms with E-state index in [4.69, 9.17) is 14.6 Å². The first-order valence-corrected chi connectivity index (χ1v) is 11.6. The first-order valence-electron chi connectivity index (χ1n) is 11.6. The van der Waals surface area contributed by atoms with E-state index in [9.17, 15) is 4.79 Å². The second-order valence-corrected chi connectivity index (χ2v) is 7.81. The van der Waals surface area contributed by atoms with Gasteiger partial charge in [0.1, 0.15) is 0 Å². The molecule has 3 aromatic heterocycles. The number of nitrogens with one attached hydrogen (secondary N) is 1. The van der Waals surface area contributed by atoms with E-state index in [-0.39, 0.29) is 5.91 Å². The van der Waals surface area contributed by atoms with Crippen LogP contribution in [-0.4, -0.2) is 43.9 Å². The van der Waals surface area contributed by atoms with Gasteiger partial charge in [-0.05, 0) is 68.4 Å². The molecule has 0 saturated carbocycles. The average molecular weight is 481 g/mol. The summed E-state index contributed by atoms with van der Waals surface area (Å²) in [5.41, 5.74) is 4.25. The minimum atomic E-state index is -0.239. The predicted molar refractivity (Wildman–Crippen MR) is 136 cm³/mol. The van der Waals surface area contributed by atoms with Crippen molar-refractivity contribution in [2.24, 2.45) is 0 Å². The zero-order chi connectivity index (χ0) is 24.9. The highest BCUT2D eigenvalue weighted by Crippen LogP contribution is 2.29. The number of pyridine rings is 1. The van der Waals surface area contributed by atoms with Gasteiger partial charge in [0.15, 0.2) is 23.0 Å². The molecule has 1 N–H and O–H groups in total. The van der Waals surface area contributed by atoms with E-state index < -0.39 is 0 Å².